The van der Waals surface area contributed by atoms with Crippen LogP contribution in [0.25, 0.3) is 12.2 Å². The molecule has 0 saturated carbocycles. The molecule has 3 nitrogen and oxygen atoms in total. The monoisotopic (exact) mass is 265 g/mol. The van der Waals surface area contributed by atoms with E-state index >= 15 is 0 Å². The molecule has 1 heterocycles. The molecule has 0 unspecified atom stereocenters. The van der Waals surface area contributed by atoms with E-state index in [1.807, 2.05) is 42.5 Å². The summed E-state index contributed by atoms with van der Waals surface area (Å²) in [6, 6.07) is 13.0. The number of hydrogen-bond acceptors (Lipinski definition) is 3. The third-order valence-corrected chi connectivity index (χ3v) is 2.57. The van der Waals surface area contributed by atoms with Crippen molar-refractivity contribution in [3.8, 4) is 5.75 Å². The Balaban J connectivity index is 2.03. The average Bonchev–Trinajstić information content (AvgIpc) is 2.47. The second-order valence-corrected chi connectivity index (χ2v) is 4.33. The maximum absolute atomic E-state index is 11.4. The Morgan fingerprint density at radius 1 is 1.15 bits per heavy atom. The number of esters is 1. The van der Waals surface area contributed by atoms with E-state index in [-0.39, 0.29) is 0 Å². The van der Waals surface area contributed by atoms with Crippen LogP contribution in [-0.2, 0) is 4.79 Å². The first kappa shape index (κ1) is 13.7. The van der Waals surface area contributed by atoms with Gasteiger partial charge in [0.1, 0.15) is 5.75 Å². The third kappa shape index (κ3) is 3.92. The Hall–Kier alpha value is -2.68. The van der Waals surface area contributed by atoms with Crippen molar-refractivity contribution in [1.82, 2.24) is 4.98 Å². The smallest absolute Gasteiger partial charge is 0.338 e. The molecule has 0 amide bonds. The number of hydrogen-bond donors (Lipinski definition) is 0. The molecule has 0 fully saturated rings. The lowest BCUT2D eigenvalue weighted by Crippen LogP contribution is -2.07. The summed E-state index contributed by atoms with van der Waals surface area (Å²) in [5, 5.41) is 0. The van der Waals surface area contributed by atoms with E-state index < -0.39 is 5.97 Å². The predicted octanol–water partition coefficient (Wildman–Crippen LogP) is 3.73. The van der Waals surface area contributed by atoms with Crippen LogP contribution in [0.15, 0.2) is 60.8 Å². The Labute approximate surface area is 118 Å². The predicted molar refractivity (Wildman–Crippen MR) is 80.1 cm³/mol. The summed E-state index contributed by atoms with van der Waals surface area (Å²) in [5.41, 5.74) is 2.28. The summed E-state index contributed by atoms with van der Waals surface area (Å²) < 4.78 is 5.12. The quantitative estimate of drug-likeness (QED) is 0.480. The van der Waals surface area contributed by atoms with Crippen molar-refractivity contribution >= 4 is 18.1 Å². The Morgan fingerprint density at radius 2 is 1.90 bits per heavy atom. The van der Waals surface area contributed by atoms with Crippen LogP contribution in [0, 0.1) is 0 Å². The number of nitrogens with zero attached hydrogens (tertiary/aromatic N) is 1. The number of carbonyl (C=O) groups is 1. The maximum Gasteiger partial charge on any atom is 0.338 e. The Kier molecular flexibility index (Phi) is 4.45. The zero-order chi connectivity index (χ0) is 14.4. The first-order valence-corrected chi connectivity index (χ1v) is 6.22. The zero-order valence-corrected chi connectivity index (χ0v) is 11.2. The van der Waals surface area contributed by atoms with Gasteiger partial charge in [0.15, 0.2) is 0 Å². The molecule has 0 aliphatic heterocycles. The molecule has 1 aromatic heterocycles. The molecule has 1 aromatic carbocycles. The highest BCUT2D eigenvalue weighted by Crippen LogP contribution is 2.15. The minimum absolute atomic E-state index is 0.379. The van der Waals surface area contributed by atoms with Gasteiger partial charge in [-0.2, -0.15) is 0 Å². The number of ether oxygens (including phenoxy) is 1. The molecule has 0 aliphatic rings. The fourth-order valence-electron chi connectivity index (χ4n) is 1.50. The lowest BCUT2D eigenvalue weighted by molar-refractivity contribution is -0.130. The van der Waals surface area contributed by atoms with E-state index in [0.717, 1.165) is 11.3 Å². The van der Waals surface area contributed by atoms with Gasteiger partial charge >= 0.3 is 5.97 Å². The van der Waals surface area contributed by atoms with Gasteiger partial charge in [-0.05, 0) is 42.8 Å². The van der Waals surface area contributed by atoms with Crippen LogP contribution < -0.4 is 4.74 Å². The molecule has 2 aromatic rings. The van der Waals surface area contributed by atoms with Crippen molar-refractivity contribution in [2.45, 2.75) is 6.92 Å². The standard InChI is InChI=1S/C17H15NO2/c1-13(2)17(19)20-16-10-7-14(8-11-16)6-9-15-5-3-4-12-18-15/h3-12H,1H2,2H3/b9-6+. The molecule has 2 rings (SSSR count). The third-order valence-electron chi connectivity index (χ3n) is 2.57. The molecular weight excluding hydrogens is 250 g/mol. The van der Waals surface area contributed by atoms with Gasteiger partial charge in [0.2, 0.25) is 0 Å². The molecule has 100 valence electrons. The fourth-order valence-corrected chi connectivity index (χ4v) is 1.50. The van der Waals surface area contributed by atoms with Gasteiger partial charge in [0, 0.05) is 11.8 Å². The van der Waals surface area contributed by atoms with Crippen molar-refractivity contribution in [3.63, 3.8) is 0 Å². The maximum atomic E-state index is 11.4. The molecule has 3 heteroatoms. The molecule has 0 radical (unpaired) electrons. The highest BCUT2D eigenvalue weighted by atomic mass is 16.5. The van der Waals surface area contributed by atoms with Gasteiger partial charge in [0.25, 0.3) is 0 Å². The van der Waals surface area contributed by atoms with Crippen LogP contribution in [0.1, 0.15) is 18.2 Å². The second kappa shape index (κ2) is 6.48. The molecule has 0 aliphatic carbocycles. The first-order valence-electron chi connectivity index (χ1n) is 6.22. The molecule has 0 atom stereocenters. The first-order chi connectivity index (χ1) is 9.65. The summed E-state index contributed by atoms with van der Waals surface area (Å²) in [6.07, 6.45) is 5.63. The van der Waals surface area contributed by atoms with Gasteiger partial charge in [-0.1, -0.05) is 30.9 Å². The molecule has 0 spiro atoms. The normalized spacial score (nSPS) is 10.4. The van der Waals surface area contributed by atoms with Gasteiger partial charge in [-0.3, -0.25) is 4.98 Å². The molecule has 0 N–H and O–H groups in total. The van der Waals surface area contributed by atoms with E-state index in [4.69, 9.17) is 4.74 Å². The zero-order valence-electron chi connectivity index (χ0n) is 11.2. The van der Waals surface area contributed by atoms with E-state index in [1.165, 1.54) is 0 Å². The van der Waals surface area contributed by atoms with Crippen molar-refractivity contribution in [2.24, 2.45) is 0 Å². The van der Waals surface area contributed by atoms with Crippen LogP contribution in [0.4, 0.5) is 0 Å². The minimum atomic E-state index is -0.415. The van der Waals surface area contributed by atoms with Crippen molar-refractivity contribution in [3.05, 3.63) is 72.1 Å². The summed E-state index contributed by atoms with van der Waals surface area (Å²) in [7, 11) is 0. The van der Waals surface area contributed by atoms with E-state index in [0.29, 0.717) is 11.3 Å². The minimum Gasteiger partial charge on any atom is -0.423 e. The topological polar surface area (TPSA) is 39.2 Å². The summed E-state index contributed by atoms with van der Waals surface area (Å²) in [4.78, 5) is 15.6. The van der Waals surface area contributed by atoms with E-state index in [1.54, 1.807) is 25.3 Å². The van der Waals surface area contributed by atoms with Crippen molar-refractivity contribution in [1.29, 1.82) is 0 Å². The second-order valence-electron chi connectivity index (χ2n) is 4.33. The summed E-state index contributed by atoms with van der Waals surface area (Å²) in [5.74, 6) is 0.0924. The molecule has 0 bridgehead atoms. The lowest BCUT2D eigenvalue weighted by Gasteiger charge is -2.03. The number of pyridine rings is 1. The van der Waals surface area contributed by atoms with E-state index in [2.05, 4.69) is 11.6 Å². The van der Waals surface area contributed by atoms with Crippen LogP contribution in [0.3, 0.4) is 0 Å². The Morgan fingerprint density at radius 3 is 2.50 bits per heavy atom. The average molecular weight is 265 g/mol. The molecule has 20 heavy (non-hydrogen) atoms. The molecular formula is C17H15NO2. The van der Waals surface area contributed by atoms with Gasteiger partial charge in [0.05, 0.1) is 5.69 Å². The van der Waals surface area contributed by atoms with Gasteiger partial charge < -0.3 is 4.74 Å². The SMILES string of the molecule is C=C(C)C(=O)Oc1ccc(/C=C/c2ccccn2)cc1. The van der Waals surface area contributed by atoms with Gasteiger partial charge in [-0.15, -0.1) is 0 Å². The van der Waals surface area contributed by atoms with Crippen LogP contribution in [-0.4, -0.2) is 11.0 Å². The number of carbonyl (C=O) groups excluding carboxylic acids is 1. The largest absolute Gasteiger partial charge is 0.423 e. The fraction of sp³-hybridized carbons (Fsp3) is 0.0588. The van der Waals surface area contributed by atoms with Crippen LogP contribution in [0.2, 0.25) is 0 Å². The number of aromatic nitrogens is 1. The van der Waals surface area contributed by atoms with Gasteiger partial charge in [-0.25, -0.2) is 4.79 Å². The van der Waals surface area contributed by atoms with Crippen molar-refractivity contribution in [2.75, 3.05) is 0 Å². The van der Waals surface area contributed by atoms with Crippen molar-refractivity contribution < 1.29 is 9.53 Å². The lowest BCUT2D eigenvalue weighted by atomic mass is 10.2. The van der Waals surface area contributed by atoms with E-state index in [9.17, 15) is 4.79 Å². The Bertz CT molecular complexity index is 628. The highest BCUT2D eigenvalue weighted by molar-refractivity contribution is 5.88. The molecule has 0 saturated heterocycles. The van der Waals surface area contributed by atoms with Crippen LogP contribution in [0.5, 0.6) is 5.75 Å². The number of benzene rings is 1. The van der Waals surface area contributed by atoms with Crippen LogP contribution >= 0.6 is 0 Å². The summed E-state index contributed by atoms with van der Waals surface area (Å²) in [6.45, 7) is 5.16. The number of rotatable bonds is 4. The highest BCUT2D eigenvalue weighted by Gasteiger charge is 2.04. The summed E-state index contributed by atoms with van der Waals surface area (Å²) >= 11 is 0.